The van der Waals surface area contributed by atoms with E-state index in [0.717, 1.165) is 32.0 Å². The second-order valence-corrected chi connectivity index (χ2v) is 12.6. The van der Waals surface area contributed by atoms with Gasteiger partial charge in [0.1, 0.15) is 13.2 Å². The minimum absolute atomic E-state index is 0.0364. The normalized spacial score (nSPS) is 10.1. The molecule has 6 heteroatoms. The summed E-state index contributed by atoms with van der Waals surface area (Å²) >= 11 is 2.38. The molecule has 0 aliphatic heterocycles. The minimum Gasteiger partial charge on any atom is -0.484 e. The van der Waals surface area contributed by atoms with E-state index in [1.54, 1.807) is 13.8 Å². The summed E-state index contributed by atoms with van der Waals surface area (Å²) in [5.41, 5.74) is 4.96. The molecule has 0 saturated heterocycles. The van der Waals surface area contributed by atoms with Crippen LogP contribution in [0.15, 0.2) is 131 Å². The van der Waals surface area contributed by atoms with Crippen LogP contribution < -0.4 is 9.47 Å². The van der Waals surface area contributed by atoms with Gasteiger partial charge in [-0.05, 0) is 71.8 Å². The zero-order valence-corrected chi connectivity index (χ0v) is 27.0. The summed E-state index contributed by atoms with van der Waals surface area (Å²) in [6, 6.07) is 38.8. The summed E-state index contributed by atoms with van der Waals surface area (Å²) in [4.78, 5) is 24.7. The molecule has 0 amide bonds. The Morgan fingerprint density at radius 2 is 0.870 bits per heavy atom. The molecule has 0 saturated carbocycles. The third-order valence-corrected chi connectivity index (χ3v) is 8.07. The van der Waals surface area contributed by atoms with E-state index in [1.165, 1.54) is 23.5 Å². The van der Waals surface area contributed by atoms with Crippen LogP contribution >= 0.6 is 23.5 Å². The van der Waals surface area contributed by atoms with Crippen molar-refractivity contribution in [3.05, 3.63) is 155 Å². The Kier molecular flexibility index (Phi) is 11.4. The average Bonchev–Trinajstić information content (AvgIpc) is 3.06. The Morgan fingerprint density at radius 3 is 1.22 bits per heavy atom. The average molecular weight is 639 g/mol. The van der Waals surface area contributed by atoms with Gasteiger partial charge in [-0.25, -0.2) is 0 Å². The van der Waals surface area contributed by atoms with E-state index in [9.17, 15) is 9.59 Å². The van der Waals surface area contributed by atoms with Crippen LogP contribution in [0, 0.1) is 23.7 Å². The van der Waals surface area contributed by atoms with Crippen LogP contribution in [0.25, 0.3) is 0 Å². The molecule has 0 N–H and O–H groups in total. The van der Waals surface area contributed by atoms with Crippen LogP contribution in [-0.2, 0) is 22.8 Å². The first-order valence-corrected chi connectivity index (χ1v) is 16.2. The molecular formula is C40H30O4S2. The predicted octanol–water partition coefficient (Wildman–Crippen LogP) is 8.92. The fourth-order valence-corrected chi connectivity index (χ4v) is 5.54. The van der Waals surface area contributed by atoms with E-state index in [4.69, 9.17) is 9.47 Å². The molecular weight excluding hydrogens is 609 g/mol. The maximum absolute atomic E-state index is 11.5. The maximum Gasteiger partial charge on any atom is 0.190 e. The smallest absolute Gasteiger partial charge is 0.190 e. The van der Waals surface area contributed by atoms with Crippen molar-refractivity contribution in [2.75, 3.05) is 0 Å². The van der Waals surface area contributed by atoms with Gasteiger partial charge in [-0.3, -0.25) is 9.59 Å². The quantitative estimate of drug-likeness (QED) is 0.125. The Hall–Kier alpha value is -5.14. The van der Waals surface area contributed by atoms with Crippen LogP contribution in [0.5, 0.6) is 11.5 Å². The lowest BCUT2D eigenvalue weighted by atomic mass is 10.1. The molecule has 46 heavy (non-hydrogen) atoms. The molecule has 0 heterocycles. The highest BCUT2D eigenvalue weighted by molar-refractivity contribution is 8.13. The third kappa shape index (κ3) is 9.68. The molecule has 0 bridgehead atoms. The Bertz CT molecular complexity index is 1780. The van der Waals surface area contributed by atoms with Gasteiger partial charge in [-0.2, -0.15) is 0 Å². The van der Waals surface area contributed by atoms with Crippen molar-refractivity contribution < 1.29 is 19.1 Å². The van der Waals surface area contributed by atoms with Gasteiger partial charge < -0.3 is 9.47 Å². The first-order chi connectivity index (χ1) is 22.4. The second-order valence-electron chi connectivity index (χ2n) is 10.1. The Labute approximate surface area is 278 Å². The van der Waals surface area contributed by atoms with E-state index < -0.39 is 0 Å². The molecule has 0 spiro atoms. The van der Waals surface area contributed by atoms with Crippen LogP contribution in [0.4, 0.5) is 0 Å². The number of thioether (sulfide) groups is 2. The first kappa shape index (κ1) is 32.3. The van der Waals surface area contributed by atoms with Gasteiger partial charge in [0.05, 0.1) is 11.1 Å². The molecule has 0 fully saturated rings. The molecule has 226 valence electrons. The summed E-state index contributed by atoms with van der Waals surface area (Å²) in [5, 5.41) is 0.0727. The fraction of sp³-hybridized carbons (Fsp3) is 0.100. The zero-order valence-electron chi connectivity index (χ0n) is 25.4. The van der Waals surface area contributed by atoms with Crippen molar-refractivity contribution in [1.82, 2.24) is 0 Å². The number of rotatable bonds is 8. The fourth-order valence-electron chi connectivity index (χ4n) is 4.33. The van der Waals surface area contributed by atoms with Crippen LogP contribution in [-0.4, -0.2) is 10.2 Å². The second kappa shape index (κ2) is 16.3. The highest BCUT2D eigenvalue weighted by Gasteiger charge is 2.16. The van der Waals surface area contributed by atoms with E-state index in [2.05, 4.69) is 23.7 Å². The monoisotopic (exact) mass is 638 g/mol. The third-order valence-electron chi connectivity index (χ3n) is 6.48. The number of carbonyl (C=O) groups excluding carboxylic acids is 2. The van der Waals surface area contributed by atoms with Crippen LogP contribution in [0.2, 0.25) is 0 Å². The summed E-state index contributed by atoms with van der Waals surface area (Å²) in [5.74, 6) is 14.1. The van der Waals surface area contributed by atoms with E-state index in [1.807, 2.05) is 121 Å². The predicted molar refractivity (Wildman–Crippen MR) is 186 cm³/mol. The molecule has 0 aliphatic rings. The van der Waals surface area contributed by atoms with Crippen molar-refractivity contribution in [1.29, 1.82) is 0 Å². The highest BCUT2D eigenvalue weighted by Crippen LogP contribution is 2.36. The SMILES string of the molecule is CC(=O)Sc1ccc(C#Cc2ccc(C#Cc3ccc(SC(C)=O)cc3)c(OCc3ccccc3)c2OCc2ccccc2)cc1. The van der Waals surface area contributed by atoms with Gasteiger partial charge in [0.2, 0.25) is 0 Å². The largest absolute Gasteiger partial charge is 0.484 e. The number of hydrogen-bond acceptors (Lipinski definition) is 6. The summed E-state index contributed by atoms with van der Waals surface area (Å²) in [7, 11) is 0. The van der Waals surface area contributed by atoms with Gasteiger partial charge >= 0.3 is 0 Å². The molecule has 0 atom stereocenters. The maximum atomic E-state index is 11.5. The molecule has 0 aromatic heterocycles. The van der Waals surface area contributed by atoms with E-state index in [-0.39, 0.29) is 10.2 Å². The van der Waals surface area contributed by atoms with Gasteiger partial charge in [0.15, 0.2) is 21.7 Å². The highest BCUT2D eigenvalue weighted by atomic mass is 32.2. The van der Waals surface area contributed by atoms with Crippen molar-refractivity contribution in [3.8, 4) is 35.2 Å². The lowest BCUT2D eigenvalue weighted by molar-refractivity contribution is -0.109. The minimum atomic E-state index is 0.0364. The zero-order chi connectivity index (χ0) is 32.1. The number of ether oxygens (including phenoxy) is 2. The standard InChI is InChI=1S/C40H30O4S2/c1-29(41)45-37-23-15-31(16-24-37)13-19-35-21-22-36(20-14-32-17-25-38(26-18-32)46-30(2)42)40(44-28-34-11-7-4-8-12-34)39(35)43-27-33-9-5-3-6-10-33/h3-12,15-18,21-26H,27-28H2,1-2H3. The lowest BCUT2D eigenvalue weighted by Gasteiger charge is -2.16. The van der Waals surface area contributed by atoms with Crippen molar-refractivity contribution in [2.45, 2.75) is 36.9 Å². The van der Waals surface area contributed by atoms with Crippen molar-refractivity contribution in [2.24, 2.45) is 0 Å². The van der Waals surface area contributed by atoms with Crippen molar-refractivity contribution in [3.63, 3.8) is 0 Å². The van der Waals surface area contributed by atoms with Gasteiger partial charge in [-0.1, -0.05) is 108 Å². The first-order valence-electron chi connectivity index (χ1n) is 14.5. The van der Waals surface area contributed by atoms with Gasteiger partial charge in [-0.15, -0.1) is 0 Å². The molecule has 5 rings (SSSR count). The van der Waals surface area contributed by atoms with Gasteiger partial charge in [0, 0.05) is 34.8 Å². The number of benzene rings is 5. The number of carbonyl (C=O) groups is 2. The lowest BCUT2D eigenvalue weighted by Crippen LogP contribution is -2.04. The van der Waals surface area contributed by atoms with Crippen molar-refractivity contribution >= 4 is 33.8 Å². The summed E-state index contributed by atoms with van der Waals surface area (Å²) in [6.45, 7) is 3.74. The van der Waals surface area contributed by atoms with Crippen LogP contribution in [0.3, 0.4) is 0 Å². The molecule has 0 unspecified atom stereocenters. The van der Waals surface area contributed by atoms with Gasteiger partial charge in [0.25, 0.3) is 0 Å². The molecule has 0 radical (unpaired) electrons. The number of hydrogen-bond donors (Lipinski definition) is 0. The Morgan fingerprint density at radius 1 is 0.500 bits per heavy atom. The molecule has 5 aromatic carbocycles. The van der Waals surface area contributed by atoms with E-state index in [0.29, 0.717) is 35.8 Å². The molecule has 5 aromatic rings. The summed E-state index contributed by atoms with van der Waals surface area (Å²) < 4.78 is 12.9. The molecule has 4 nitrogen and oxygen atoms in total. The van der Waals surface area contributed by atoms with Crippen LogP contribution in [0.1, 0.15) is 47.2 Å². The topological polar surface area (TPSA) is 52.6 Å². The Balaban J connectivity index is 1.54. The molecule has 0 aliphatic carbocycles. The summed E-state index contributed by atoms with van der Waals surface area (Å²) in [6.07, 6.45) is 0. The van der Waals surface area contributed by atoms with E-state index >= 15 is 0 Å².